The maximum atomic E-state index is 12.6. The van der Waals surface area contributed by atoms with Crippen LogP contribution in [0.25, 0.3) is 0 Å². The molecule has 23 heavy (non-hydrogen) atoms. The molecule has 0 aliphatic carbocycles. The normalized spacial score (nSPS) is 21.0. The number of piperidine rings is 1. The average Bonchev–Trinajstić information content (AvgIpc) is 2.57. The van der Waals surface area contributed by atoms with Crippen molar-refractivity contribution in [3.05, 3.63) is 22.7 Å². The Kier molecular flexibility index (Phi) is 4.87. The first-order valence-electron chi connectivity index (χ1n) is 7.76. The molecule has 1 saturated heterocycles. The number of ether oxygens (including phenoxy) is 1. The fraction of sp³-hybridized carbons (Fsp3) is 0.500. The van der Waals surface area contributed by atoms with Gasteiger partial charge < -0.3 is 15.0 Å². The molecule has 1 atom stereocenters. The molecule has 0 bridgehead atoms. The minimum atomic E-state index is -0.185. The Labute approximate surface area is 143 Å². The number of likely N-dealkylation sites (tertiary alicyclic amines) is 1. The fourth-order valence-electron chi connectivity index (χ4n) is 3.03. The van der Waals surface area contributed by atoms with Gasteiger partial charge in [0.15, 0.2) is 6.61 Å². The monoisotopic (exact) mass is 381 g/mol. The van der Waals surface area contributed by atoms with Gasteiger partial charge in [-0.25, -0.2) is 0 Å². The summed E-state index contributed by atoms with van der Waals surface area (Å²) in [6.45, 7) is 1.48. The van der Waals surface area contributed by atoms with Crippen molar-refractivity contribution in [2.24, 2.45) is 0 Å². The number of halogens is 1. The third-order valence-electron chi connectivity index (χ3n) is 4.34. The maximum Gasteiger partial charge on any atom is 0.265 e. The predicted molar refractivity (Wildman–Crippen MR) is 90.7 cm³/mol. The summed E-state index contributed by atoms with van der Waals surface area (Å²) in [5.74, 6) is 0.419. The Morgan fingerprint density at radius 1 is 1.48 bits per heavy atom. The van der Waals surface area contributed by atoms with Gasteiger partial charge in [-0.2, -0.15) is 0 Å². The van der Waals surface area contributed by atoms with Crippen LogP contribution in [-0.4, -0.2) is 56.0 Å². The predicted octanol–water partition coefficient (Wildman–Crippen LogP) is 1.38. The molecule has 1 unspecified atom stereocenters. The second kappa shape index (κ2) is 6.88. The van der Waals surface area contributed by atoms with Gasteiger partial charge in [-0.3, -0.25) is 14.5 Å². The number of hydrogen-bond donors (Lipinski definition) is 1. The molecular weight excluding hydrogens is 362 g/mol. The standard InChI is InChI=1S/C16H20BrN3O3/c1-18-12-3-2-6-19(8-12)15(21)9-20-13-5-4-11(17)7-14(13)23-10-16(20)22/h4-5,7,12,18H,2-3,6,8-10H2,1H3. The summed E-state index contributed by atoms with van der Waals surface area (Å²) in [5, 5.41) is 3.22. The van der Waals surface area contributed by atoms with E-state index >= 15 is 0 Å². The Bertz CT molecular complexity index is 623. The van der Waals surface area contributed by atoms with Crippen LogP contribution in [0, 0.1) is 0 Å². The Balaban J connectivity index is 1.74. The van der Waals surface area contributed by atoms with E-state index in [1.54, 1.807) is 6.07 Å². The molecule has 6 nitrogen and oxygen atoms in total. The summed E-state index contributed by atoms with van der Waals surface area (Å²) in [6, 6.07) is 5.79. The molecule has 0 saturated carbocycles. The summed E-state index contributed by atoms with van der Waals surface area (Å²) < 4.78 is 6.33. The van der Waals surface area contributed by atoms with Gasteiger partial charge in [0.05, 0.1) is 5.69 Å². The fourth-order valence-corrected chi connectivity index (χ4v) is 3.37. The van der Waals surface area contributed by atoms with Gasteiger partial charge in [-0.1, -0.05) is 15.9 Å². The summed E-state index contributed by atoms with van der Waals surface area (Å²) in [5.41, 5.74) is 0.653. The van der Waals surface area contributed by atoms with Gasteiger partial charge >= 0.3 is 0 Å². The molecule has 1 aromatic rings. The van der Waals surface area contributed by atoms with Crippen LogP contribution in [-0.2, 0) is 9.59 Å². The number of rotatable bonds is 3. The number of nitrogens with zero attached hydrogens (tertiary/aromatic N) is 2. The first-order valence-corrected chi connectivity index (χ1v) is 8.55. The highest BCUT2D eigenvalue weighted by Gasteiger charge is 2.30. The molecule has 7 heteroatoms. The molecule has 0 aromatic heterocycles. The van der Waals surface area contributed by atoms with Gasteiger partial charge in [0.2, 0.25) is 5.91 Å². The van der Waals surface area contributed by atoms with Gasteiger partial charge in [0, 0.05) is 23.6 Å². The largest absolute Gasteiger partial charge is 0.482 e. The van der Waals surface area contributed by atoms with Gasteiger partial charge in [-0.15, -0.1) is 0 Å². The Morgan fingerprint density at radius 3 is 3.09 bits per heavy atom. The highest BCUT2D eigenvalue weighted by Crippen LogP contribution is 2.34. The van der Waals surface area contributed by atoms with Crippen LogP contribution in [0.15, 0.2) is 22.7 Å². The summed E-state index contributed by atoms with van der Waals surface area (Å²) in [4.78, 5) is 28.2. The third kappa shape index (κ3) is 3.50. The molecule has 1 N–H and O–H groups in total. The zero-order valence-corrected chi connectivity index (χ0v) is 14.6. The zero-order chi connectivity index (χ0) is 16.4. The van der Waals surface area contributed by atoms with E-state index in [1.807, 2.05) is 24.1 Å². The van der Waals surface area contributed by atoms with Crippen molar-refractivity contribution in [2.45, 2.75) is 18.9 Å². The number of amides is 2. The van der Waals surface area contributed by atoms with Crippen molar-refractivity contribution in [3.8, 4) is 5.75 Å². The first kappa shape index (κ1) is 16.3. The maximum absolute atomic E-state index is 12.6. The molecule has 2 amide bonds. The molecular formula is C16H20BrN3O3. The van der Waals surface area contributed by atoms with Crippen LogP contribution in [0.2, 0.25) is 0 Å². The van der Waals surface area contributed by atoms with Gasteiger partial charge in [0.1, 0.15) is 12.3 Å². The van der Waals surface area contributed by atoms with Crippen molar-refractivity contribution in [1.29, 1.82) is 0 Å². The van der Waals surface area contributed by atoms with E-state index in [0.717, 1.165) is 23.9 Å². The van der Waals surface area contributed by atoms with Crippen LogP contribution in [0.5, 0.6) is 5.75 Å². The number of hydrogen-bond acceptors (Lipinski definition) is 4. The van der Waals surface area contributed by atoms with Crippen molar-refractivity contribution in [1.82, 2.24) is 10.2 Å². The lowest BCUT2D eigenvalue weighted by Crippen LogP contribution is -2.51. The zero-order valence-electron chi connectivity index (χ0n) is 13.0. The van der Waals surface area contributed by atoms with Crippen molar-refractivity contribution < 1.29 is 14.3 Å². The van der Waals surface area contributed by atoms with E-state index in [9.17, 15) is 9.59 Å². The van der Waals surface area contributed by atoms with E-state index in [0.29, 0.717) is 24.0 Å². The lowest BCUT2D eigenvalue weighted by Gasteiger charge is -2.35. The highest BCUT2D eigenvalue weighted by molar-refractivity contribution is 9.10. The number of anilines is 1. The van der Waals surface area contributed by atoms with Gasteiger partial charge in [-0.05, 0) is 38.1 Å². The number of likely N-dealkylation sites (N-methyl/N-ethyl adjacent to an activating group) is 1. The van der Waals surface area contributed by atoms with Crippen LogP contribution in [0.1, 0.15) is 12.8 Å². The van der Waals surface area contributed by atoms with Gasteiger partial charge in [0.25, 0.3) is 5.91 Å². The molecule has 0 spiro atoms. The average molecular weight is 382 g/mol. The summed E-state index contributed by atoms with van der Waals surface area (Å²) in [7, 11) is 1.91. The molecule has 3 rings (SSSR count). The molecule has 2 aliphatic rings. The van der Waals surface area contributed by atoms with E-state index in [4.69, 9.17) is 4.74 Å². The number of carbonyl (C=O) groups excluding carboxylic acids is 2. The number of carbonyl (C=O) groups is 2. The third-order valence-corrected chi connectivity index (χ3v) is 4.83. The number of fused-ring (bicyclic) bond motifs is 1. The summed E-state index contributed by atoms with van der Waals surface area (Å²) in [6.07, 6.45) is 2.06. The van der Waals surface area contributed by atoms with E-state index in [2.05, 4.69) is 21.2 Å². The highest BCUT2D eigenvalue weighted by atomic mass is 79.9. The van der Waals surface area contributed by atoms with E-state index in [1.165, 1.54) is 4.90 Å². The minimum absolute atomic E-state index is 0.0194. The van der Waals surface area contributed by atoms with Crippen molar-refractivity contribution in [3.63, 3.8) is 0 Å². The Morgan fingerprint density at radius 2 is 2.30 bits per heavy atom. The number of nitrogens with one attached hydrogen (secondary N) is 1. The lowest BCUT2D eigenvalue weighted by molar-refractivity contribution is -0.133. The van der Waals surface area contributed by atoms with E-state index < -0.39 is 0 Å². The summed E-state index contributed by atoms with van der Waals surface area (Å²) >= 11 is 3.39. The topological polar surface area (TPSA) is 61.9 Å². The second-order valence-corrected chi connectivity index (χ2v) is 6.76. The van der Waals surface area contributed by atoms with Crippen LogP contribution >= 0.6 is 15.9 Å². The quantitative estimate of drug-likeness (QED) is 0.858. The second-order valence-electron chi connectivity index (χ2n) is 5.85. The van der Waals surface area contributed by atoms with Crippen LogP contribution < -0.4 is 15.0 Å². The van der Waals surface area contributed by atoms with Crippen LogP contribution in [0.4, 0.5) is 5.69 Å². The Hall–Kier alpha value is -1.60. The smallest absolute Gasteiger partial charge is 0.265 e. The molecule has 1 fully saturated rings. The van der Waals surface area contributed by atoms with Crippen LogP contribution in [0.3, 0.4) is 0 Å². The lowest BCUT2D eigenvalue weighted by atomic mass is 10.1. The van der Waals surface area contributed by atoms with E-state index in [-0.39, 0.29) is 25.0 Å². The molecule has 0 radical (unpaired) electrons. The first-order chi connectivity index (χ1) is 11.1. The number of benzene rings is 1. The molecule has 2 heterocycles. The molecule has 2 aliphatic heterocycles. The van der Waals surface area contributed by atoms with Crippen molar-refractivity contribution in [2.75, 3.05) is 38.2 Å². The minimum Gasteiger partial charge on any atom is -0.482 e. The SMILES string of the molecule is CNC1CCCN(C(=O)CN2C(=O)COc3cc(Br)ccc32)C1. The van der Waals surface area contributed by atoms with Crippen molar-refractivity contribution >= 4 is 33.4 Å². The molecule has 1 aromatic carbocycles. The molecule has 124 valence electrons.